The van der Waals surface area contributed by atoms with Crippen molar-refractivity contribution in [3.8, 4) is 0 Å². The Balaban J connectivity index is 2.08. The molecule has 0 bridgehead atoms. The van der Waals surface area contributed by atoms with Crippen LogP contribution in [-0.4, -0.2) is 26.9 Å². The van der Waals surface area contributed by atoms with Gasteiger partial charge in [0.05, 0.1) is 5.69 Å². The van der Waals surface area contributed by atoms with E-state index in [0.29, 0.717) is 11.3 Å². The summed E-state index contributed by atoms with van der Waals surface area (Å²) in [5.41, 5.74) is 0.576. The van der Waals surface area contributed by atoms with E-state index in [4.69, 9.17) is 5.21 Å². The van der Waals surface area contributed by atoms with Gasteiger partial charge in [-0.25, -0.2) is 9.87 Å². The van der Waals surface area contributed by atoms with Crippen LogP contribution in [0.15, 0.2) is 42.6 Å². The van der Waals surface area contributed by atoms with Gasteiger partial charge in [0.15, 0.2) is 0 Å². The van der Waals surface area contributed by atoms with Gasteiger partial charge < -0.3 is 5.11 Å². The van der Waals surface area contributed by atoms with Crippen LogP contribution in [0.25, 0.3) is 0 Å². The van der Waals surface area contributed by atoms with Crippen LogP contribution >= 0.6 is 0 Å². The number of aryl methyl sites for hydroxylation is 1. The lowest BCUT2D eigenvalue weighted by molar-refractivity contribution is -0.136. The highest BCUT2D eigenvalue weighted by Crippen LogP contribution is 2.66. The molecule has 1 heterocycles. The van der Waals surface area contributed by atoms with Crippen molar-refractivity contribution in [3.63, 3.8) is 0 Å². The van der Waals surface area contributed by atoms with Crippen LogP contribution in [0.5, 0.6) is 0 Å². The van der Waals surface area contributed by atoms with E-state index in [1.807, 2.05) is 19.1 Å². The Hall–Kier alpha value is -2.31. The smallest absolute Gasteiger partial charge is 0.282 e. The molecule has 1 aliphatic carbocycles. The summed E-state index contributed by atoms with van der Waals surface area (Å²) in [6.45, 7) is 5.04. The van der Waals surface area contributed by atoms with Gasteiger partial charge in [0, 0.05) is 18.0 Å². The molecule has 1 aliphatic rings. The van der Waals surface area contributed by atoms with Crippen molar-refractivity contribution in [2.24, 2.45) is 0 Å². The second kappa shape index (κ2) is 5.89. The Morgan fingerprint density at radius 1 is 1.28 bits per heavy atom. The SMILES string of the molecule is Cc1ccccc1[C@@H]1[C@@H](c2ccnc(C(C)(C)O)c2)[C@]1(F)C(=O)NO. The largest absolute Gasteiger partial charge is 0.384 e. The predicted molar refractivity (Wildman–Crippen MR) is 89.9 cm³/mol. The van der Waals surface area contributed by atoms with E-state index in [1.54, 1.807) is 38.1 Å². The number of alkyl halides is 1. The molecule has 132 valence electrons. The topological polar surface area (TPSA) is 82.5 Å². The molecule has 0 unspecified atom stereocenters. The first-order valence-electron chi connectivity index (χ1n) is 8.09. The van der Waals surface area contributed by atoms with Gasteiger partial charge in [-0.2, -0.15) is 0 Å². The molecule has 1 aromatic heterocycles. The molecule has 25 heavy (non-hydrogen) atoms. The number of carbonyl (C=O) groups excluding carboxylic acids is 1. The summed E-state index contributed by atoms with van der Waals surface area (Å²) in [5.74, 6) is -2.53. The zero-order valence-corrected chi connectivity index (χ0v) is 14.3. The highest BCUT2D eigenvalue weighted by atomic mass is 19.1. The number of carbonyl (C=O) groups is 1. The first-order valence-corrected chi connectivity index (χ1v) is 8.09. The lowest BCUT2D eigenvalue weighted by Gasteiger charge is -2.17. The molecule has 0 radical (unpaired) electrons. The van der Waals surface area contributed by atoms with Gasteiger partial charge in [-0.1, -0.05) is 24.3 Å². The molecule has 0 spiro atoms. The number of halogens is 1. The molecule has 1 amide bonds. The lowest BCUT2D eigenvalue weighted by Crippen LogP contribution is -2.33. The molecule has 1 aromatic carbocycles. The second-order valence-corrected chi connectivity index (χ2v) is 7.05. The fraction of sp³-hybridized carbons (Fsp3) is 0.368. The number of aliphatic hydroxyl groups is 1. The molecule has 0 saturated heterocycles. The molecule has 0 aliphatic heterocycles. The van der Waals surface area contributed by atoms with Gasteiger partial charge in [0.2, 0.25) is 5.67 Å². The minimum Gasteiger partial charge on any atom is -0.384 e. The van der Waals surface area contributed by atoms with E-state index in [2.05, 4.69) is 4.98 Å². The van der Waals surface area contributed by atoms with Crippen molar-refractivity contribution in [3.05, 3.63) is 65.0 Å². The van der Waals surface area contributed by atoms with Crippen molar-refractivity contribution in [1.82, 2.24) is 10.5 Å². The molecule has 5 nitrogen and oxygen atoms in total. The molecule has 1 saturated carbocycles. The number of rotatable bonds is 4. The highest BCUT2D eigenvalue weighted by Gasteiger charge is 2.72. The maximum absolute atomic E-state index is 15.5. The second-order valence-electron chi connectivity index (χ2n) is 7.05. The van der Waals surface area contributed by atoms with E-state index in [-0.39, 0.29) is 0 Å². The lowest BCUT2D eigenvalue weighted by atomic mass is 9.98. The van der Waals surface area contributed by atoms with Crippen LogP contribution in [-0.2, 0) is 10.4 Å². The van der Waals surface area contributed by atoms with Gasteiger partial charge in [0.25, 0.3) is 5.91 Å². The molecule has 3 rings (SSSR count). The molecule has 2 aromatic rings. The van der Waals surface area contributed by atoms with Crippen LogP contribution in [0.2, 0.25) is 0 Å². The average molecular weight is 344 g/mol. The quantitative estimate of drug-likeness (QED) is 0.588. The third kappa shape index (κ3) is 2.81. The molecule has 1 fully saturated rings. The molecule has 6 heteroatoms. The third-order valence-electron chi connectivity index (χ3n) is 4.87. The Morgan fingerprint density at radius 3 is 2.56 bits per heavy atom. The van der Waals surface area contributed by atoms with Crippen LogP contribution < -0.4 is 5.48 Å². The van der Waals surface area contributed by atoms with Crippen molar-refractivity contribution in [1.29, 1.82) is 0 Å². The summed E-state index contributed by atoms with van der Waals surface area (Å²) in [6, 6.07) is 10.5. The summed E-state index contributed by atoms with van der Waals surface area (Å²) in [5, 5.41) is 19.2. The number of pyridine rings is 1. The molecular formula is C19H21FN2O3. The predicted octanol–water partition coefficient (Wildman–Crippen LogP) is 2.71. The van der Waals surface area contributed by atoms with Gasteiger partial charge in [0.1, 0.15) is 5.60 Å². The Labute approximate surface area is 145 Å². The molecular weight excluding hydrogens is 323 g/mol. The fourth-order valence-corrected chi connectivity index (χ4v) is 3.48. The number of aromatic nitrogens is 1. The van der Waals surface area contributed by atoms with E-state index in [0.717, 1.165) is 11.1 Å². The van der Waals surface area contributed by atoms with Gasteiger partial charge in [-0.3, -0.25) is 15.0 Å². The summed E-state index contributed by atoms with van der Waals surface area (Å²) < 4.78 is 15.5. The third-order valence-corrected chi connectivity index (χ3v) is 4.87. The standard InChI is InChI=1S/C19H21FN2O3/c1-11-6-4-5-7-13(11)16-15(19(16,20)17(23)22-25)12-8-9-21-14(10-12)18(2,3)24/h4-10,15-16,24-25H,1-3H3,(H,22,23)/t15-,16-,19-/m1/s1. The summed E-state index contributed by atoms with van der Waals surface area (Å²) >= 11 is 0. The number of nitrogens with one attached hydrogen (secondary N) is 1. The van der Waals surface area contributed by atoms with Crippen LogP contribution in [0.4, 0.5) is 4.39 Å². The van der Waals surface area contributed by atoms with Gasteiger partial charge in [-0.05, 0) is 49.6 Å². The minimum absolute atomic E-state index is 0.396. The zero-order chi connectivity index (χ0) is 18.4. The van der Waals surface area contributed by atoms with E-state index in [9.17, 15) is 9.90 Å². The van der Waals surface area contributed by atoms with E-state index >= 15 is 4.39 Å². The summed E-state index contributed by atoms with van der Waals surface area (Å²) in [7, 11) is 0. The number of hydrogen-bond acceptors (Lipinski definition) is 4. The fourth-order valence-electron chi connectivity index (χ4n) is 3.48. The Morgan fingerprint density at radius 2 is 1.96 bits per heavy atom. The summed E-state index contributed by atoms with van der Waals surface area (Å²) in [6.07, 6.45) is 1.49. The summed E-state index contributed by atoms with van der Waals surface area (Å²) in [4.78, 5) is 16.2. The van der Waals surface area contributed by atoms with E-state index < -0.39 is 29.0 Å². The van der Waals surface area contributed by atoms with E-state index in [1.165, 1.54) is 11.7 Å². The van der Waals surface area contributed by atoms with Crippen LogP contribution in [0.3, 0.4) is 0 Å². The number of benzene rings is 1. The number of hydroxylamine groups is 1. The van der Waals surface area contributed by atoms with Gasteiger partial charge >= 0.3 is 0 Å². The Bertz CT molecular complexity index is 818. The van der Waals surface area contributed by atoms with Crippen molar-refractivity contribution < 1.29 is 19.5 Å². The number of hydrogen-bond donors (Lipinski definition) is 3. The van der Waals surface area contributed by atoms with Crippen molar-refractivity contribution in [2.45, 2.75) is 43.9 Å². The first-order chi connectivity index (χ1) is 11.7. The van der Waals surface area contributed by atoms with Crippen LogP contribution in [0.1, 0.15) is 48.1 Å². The number of nitrogens with zero attached hydrogens (tertiary/aromatic N) is 1. The zero-order valence-electron chi connectivity index (χ0n) is 14.3. The normalized spacial score (nSPS) is 25.5. The maximum Gasteiger partial charge on any atom is 0.282 e. The highest BCUT2D eigenvalue weighted by molar-refractivity contribution is 5.92. The average Bonchev–Trinajstić information content (AvgIpc) is 3.21. The number of amides is 1. The minimum atomic E-state index is -2.25. The van der Waals surface area contributed by atoms with Crippen molar-refractivity contribution in [2.75, 3.05) is 0 Å². The van der Waals surface area contributed by atoms with Crippen LogP contribution in [0, 0.1) is 6.92 Å². The molecule has 3 N–H and O–H groups in total. The first kappa shape index (κ1) is 17.5. The van der Waals surface area contributed by atoms with Gasteiger partial charge in [-0.15, -0.1) is 0 Å². The maximum atomic E-state index is 15.5. The van der Waals surface area contributed by atoms with Crippen molar-refractivity contribution >= 4 is 5.91 Å². The Kier molecular flexibility index (Phi) is 4.13. The molecule has 3 atom stereocenters. The monoisotopic (exact) mass is 344 g/mol.